The molecule has 1 fully saturated rings. The summed E-state index contributed by atoms with van der Waals surface area (Å²) in [4.78, 5) is 24.9. The number of nitrogens with zero attached hydrogens (tertiary/aromatic N) is 1. The lowest BCUT2D eigenvalue weighted by Gasteiger charge is -2.24. The molecule has 0 radical (unpaired) electrons. The molecule has 2 unspecified atom stereocenters. The number of thiol groups is 1. The zero-order chi connectivity index (χ0) is 14.5. The molecule has 5 heteroatoms. The van der Waals surface area contributed by atoms with Crippen molar-refractivity contribution in [3.8, 4) is 0 Å². The number of carbonyl (C=O) groups excluding carboxylic acids is 1. The van der Waals surface area contributed by atoms with Crippen LogP contribution in [0.4, 0.5) is 0 Å². The van der Waals surface area contributed by atoms with Crippen molar-refractivity contribution in [3.63, 3.8) is 0 Å². The normalized spacial score (nSPS) is 20.1. The fraction of sp³-hybridized carbons (Fsp3) is 0.467. The van der Waals surface area contributed by atoms with Crippen LogP contribution in [0.1, 0.15) is 18.4 Å². The smallest absolute Gasteiger partial charge is 0.326 e. The summed E-state index contributed by atoms with van der Waals surface area (Å²) in [5.74, 6) is -0.198. The summed E-state index contributed by atoms with van der Waals surface area (Å²) >= 11 is 4.20. The molecule has 1 aliphatic rings. The molecule has 0 spiro atoms. The van der Waals surface area contributed by atoms with Gasteiger partial charge in [-0.15, -0.1) is 0 Å². The van der Waals surface area contributed by atoms with E-state index in [2.05, 4.69) is 12.6 Å². The highest BCUT2D eigenvalue weighted by Gasteiger charge is 2.36. The number of aryl methyl sites for hydroxylation is 1. The van der Waals surface area contributed by atoms with Gasteiger partial charge in [0.25, 0.3) is 0 Å². The Morgan fingerprint density at radius 1 is 1.40 bits per heavy atom. The first-order valence-electron chi connectivity index (χ1n) is 6.79. The largest absolute Gasteiger partial charge is 0.480 e. The van der Waals surface area contributed by atoms with Gasteiger partial charge in [0.05, 0.1) is 0 Å². The molecule has 1 aliphatic heterocycles. The first-order valence-corrected chi connectivity index (χ1v) is 7.42. The first-order chi connectivity index (χ1) is 9.61. The topological polar surface area (TPSA) is 57.6 Å². The molecule has 1 N–H and O–H groups in total. The molecule has 1 aromatic carbocycles. The maximum atomic E-state index is 11.9. The van der Waals surface area contributed by atoms with E-state index in [-0.39, 0.29) is 11.8 Å². The summed E-state index contributed by atoms with van der Waals surface area (Å²) in [6.07, 6.45) is 1.52. The van der Waals surface area contributed by atoms with Crippen LogP contribution in [-0.4, -0.2) is 40.2 Å². The lowest BCUT2D eigenvalue weighted by atomic mass is 10.0. The number of rotatable bonds is 6. The zero-order valence-electron chi connectivity index (χ0n) is 11.2. The Balaban J connectivity index is 2.01. The minimum absolute atomic E-state index is 0.0653. The number of carbonyl (C=O) groups is 2. The van der Waals surface area contributed by atoms with Gasteiger partial charge in [-0.05, 0) is 30.1 Å². The Morgan fingerprint density at radius 2 is 2.10 bits per heavy atom. The van der Waals surface area contributed by atoms with Gasteiger partial charge >= 0.3 is 5.97 Å². The Labute approximate surface area is 124 Å². The van der Waals surface area contributed by atoms with Crippen molar-refractivity contribution in [3.05, 3.63) is 35.9 Å². The third-order valence-electron chi connectivity index (χ3n) is 3.71. The van der Waals surface area contributed by atoms with E-state index < -0.39 is 12.0 Å². The molecule has 108 valence electrons. The summed E-state index contributed by atoms with van der Waals surface area (Å²) in [6, 6.07) is 9.02. The number of carboxylic acids is 1. The van der Waals surface area contributed by atoms with E-state index in [1.165, 1.54) is 4.90 Å². The van der Waals surface area contributed by atoms with Crippen LogP contribution in [0.2, 0.25) is 0 Å². The van der Waals surface area contributed by atoms with E-state index in [9.17, 15) is 14.7 Å². The summed E-state index contributed by atoms with van der Waals surface area (Å²) in [6.45, 7) is 0.508. The second kappa shape index (κ2) is 6.79. The Morgan fingerprint density at radius 3 is 2.65 bits per heavy atom. The van der Waals surface area contributed by atoms with Gasteiger partial charge in [0.2, 0.25) is 5.91 Å². The van der Waals surface area contributed by atoms with E-state index in [0.717, 1.165) is 5.56 Å². The number of aliphatic carboxylic acids is 1. The average Bonchev–Trinajstić information content (AvgIpc) is 2.81. The van der Waals surface area contributed by atoms with Crippen molar-refractivity contribution < 1.29 is 14.7 Å². The van der Waals surface area contributed by atoms with Gasteiger partial charge in [-0.3, -0.25) is 4.79 Å². The van der Waals surface area contributed by atoms with Gasteiger partial charge in [-0.2, -0.15) is 12.6 Å². The molecule has 1 amide bonds. The number of carboxylic acid groups (broad SMARTS) is 1. The molecule has 0 bridgehead atoms. The summed E-state index contributed by atoms with van der Waals surface area (Å²) < 4.78 is 0. The second-order valence-electron chi connectivity index (χ2n) is 5.18. The summed E-state index contributed by atoms with van der Waals surface area (Å²) in [5.41, 5.74) is 1.09. The second-order valence-corrected chi connectivity index (χ2v) is 5.54. The van der Waals surface area contributed by atoms with Gasteiger partial charge in [-0.1, -0.05) is 30.3 Å². The Hall–Kier alpha value is -1.49. The fourth-order valence-electron chi connectivity index (χ4n) is 2.59. The Kier molecular flexibility index (Phi) is 5.06. The quantitative estimate of drug-likeness (QED) is 0.787. The third kappa shape index (κ3) is 3.54. The number of hydrogen-bond donors (Lipinski definition) is 2. The monoisotopic (exact) mass is 293 g/mol. The molecule has 0 saturated carbocycles. The van der Waals surface area contributed by atoms with Gasteiger partial charge in [-0.25, -0.2) is 4.79 Å². The van der Waals surface area contributed by atoms with Crippen LogP contribution in [-0.2, 0) is 16.0 Å². The highest BCUT2D eigenvalue weighted by atomic mass is 32.1. The first kappa shape index (κ1) is 14.9. The molecule has 1 saturated heterocycles. The minimum atomic E-state index is -0.922. The van der Waals surface area contributed by atoms with Crippen LogP contribution < -0.4 is 0 Å². The van der Waals surface area contributed by atoms with E-state index in [4.69, 9.17) is 0 Å². The van der Waals surface area contributed by atoms with Crippen LogP contribution in [0.3, 0.4) is 0 Å². The van der Waals surface area contributed by atoms with Crippen molar-refractivity contribution >= 4 is 24.5 Å². The number of amides is 1. The minimum Gasteiger partial charge on any atom is -0.480 e. The van der Waals surface area contributed by atoms with Gasteiger partial charge < -0.3 is 10.0 Å². The number of likely N-dealkylation sites (tertiary alicyclic amines) is 1. The molecular formula is C15H19NO3S. The molecule has 20 heavy (non-hydrogen) atoms. The van der Waals surface area contributed by atoms with Crippen LogP contribution in [0.5, 0.6) is 0 Å². The predicted molar refractivity (Wildman–Crippen MR) is 79.9 cm³/mol. The van der Waals surface area contributed by atoms with Crippen molar-refractivity contribution in [1.82, 2.24) is 4.90 Å². The SMILES string of the molecule is O=C(O)C(CCc1ccccc1)N1CC(CS)CC1=O. The fourth-order valence-corrected chi connectivity index (χ4v) is 2.84. The highest BCUT2D eigenvalue weighted by Crippen LogP contribution is 2.23. The van der Waals surface area contributed by atoms with E-state index in [0.29, 0.717) is 31.6 Å². The highest BCUT2D eigenvalue weighted by molar-refractivity contribution is 7.80. The maximum Gasteiger partial charge on any atom is 0.326 e. The van der Waals surface area contributed by atoms with Gasteiger partial charge in [0.1, 0.15) is 6.04 Å². The predicted octanol–water partition coefficient (Wildman–Crippen LogP) is 1.85. The van der Waals surface area contributed by atoms with Gasteiger partial charge in [0, 0.05) is 13.0 Å². The van der Waals surface area contributed by atoms with Crippen molar-refractivity contribution in [2.24, 2.45) is 5.92 Å². The van der Waals surface area contributed by atoms with Crippen LogP contribution >= 0.6 is 12.6 Å². The van der Waals surface area contributed by atoms with Crippen molar-refractivity contribution in [1.29, 1.82) is 0 Å². The Bertz CT molecular complexity index is 477. The maximum absolute atomic E-state index is 11.9. The molecule has 1 aromatic rings. The van der Waals surface area contributed by atoms with Crippen LogP contribution in [0, 0.1) is 5.92 Å². The number of hydrogen-bond acceptors (Lipinski definition) is 3. The molecule has 0 aliphatic carbocycles. The standard InChI is InChI=1S/C15H19NO3S/c17-14-8-12(10-20)9-16(14)13(15(18)19)7-6-11-4-2-1-3-5-11/h1-5,12-13,20H,6-10H2,(H,18,19). The third-order valence-corrected chi connectivity index (χ3v) is 4.22. The van der Waals surface area contributed by atoms with Crippen LogP contribution in [0.25, 0.3) is 0 Å². The molecule has 4 nitrogen and oxygen atoms in total. The van der Waals surface area contributed by atoms with E-state index in [1.807, 2.05) is 30.3 Å². The number of benzene rings is 1. The van der Waals surface area contributed by atoms with E-state index >= 15 is 0 Å². The summed E-state index contributed by atoms with van der Waals surface area (Å²) in [7, 11) is 0. The molecule has 2 rings (SSSR count). The molecule has 2 atom stereocenters. The molecular weight excluding hydrogens is 274 g/mol. The van der Waals surface area contributed by atoms with Crippen molar-refractivity contribution in [2.75, 3.05) is 12.3 Å². The lowest BCUT2D eigenvalue weighted by Crippen LogP contribution is -2.42. The van der Waals surface area contributed by atoms with Crippen LogP contribution in [0.15, 0.2) is 30.3 Å². The van der Waals surface area contributed by atoms with E-state index in [1.54, 1.807) is 0 Å². The molecule has 0 aromatic heterocycles. The zero-order valence-corrected chi connectivity index (χ0v) is 12.1. The molecule has 1 heterocycles. The summed E-state index contributed by atoms with van der Waals surface area (Å²) in [5, 5.41) is 9.38. The lowest BCUT2D eigenvalue weighted by molar-refractivity contribution is -0.148. The average molecular weight is 293 g/mol. The van der Waals surface area contributed by atoms with Crippen molar-refractivity contribution in [2.45, 2.75) is 25.3 Å². The van der Waals surface area contributed by atoms with Gasteiger partial charge in [0.15, 0.2) is 0 Å².